The molecular weight excluding hydrogens is 382 g/mol. The molecule has 1 heterocycles. The maximum Gasteiger partial charge on any atom is 0.253 e. The van der Waals surface area contributed by atoms with Gasteiger partial charge in [0.1, 0.15) is 0 Å². The molecule has 0 aliphatic heterocycles. The second kappa shape index (κ2) is 9.70. The lowest BCUT2D eigenvalue weighted by atomic mass is 10.1. The van der Waals surface area contributed by atoms with E-state index in [2.05, 4.69) is 26.1 Å². The van der Waals surface area contributed by atoms with Crippen LogP contribution >= 0.6 is 23.1 Å². The van der Waals surface area contributed by atoms with Gasteiger partial charge in [-0.15, -0.1) is 10.2 Å². The summed E-state index contributed by atoms with van der Waals surface area (Å²) < 4.78 is 0.730. The Labute approximate surface area is 166 Å². The quantitative estimate of drug-likeness (QED) is 0.583. The summed E-state index contributed by atoms with van der Waals surface area (Å²) >= 11 is 2.74. The van der Waals surface area contributed by atoms with Crippen LogP contribution in [0.5, 0.6) is 0 Å². The molecule has 0 atom stereocenters. The van der Waals surface area contributed by atoms with Crippen LogP contribution in [0.1, 0.15) is 43.0 Å². The molecule has 2 amide bonds. The number of nitrogens with one attached hydrogen (secondary N) is 3. The maximum absolute atomic E-state index is 12.6. The Balaban J connectivity index is 1.56. The fourth-order valence-corrected chi connectivity index (χ4v) is 4.55. The number of benzene rings is 1. The van der Waals surface area contributed by atoms with Crippen molar-refractivity contribution in [3.8, 4) is 0 Å². The average molecular weight is 406 g/mol. The van der Waals surface area contributed by atoms with E-state index in [1.165, 1.54) is 23.1 Å². The molecule has 144 valence electrons. The molecule has 0 unspecified atom stereocenters. The smallest absolute Gasteiger partial charge is 0.253 e. The van der Waals surface area contributed by atoms with Crippen molar-refractivity contribution in [2.75, 3.05) is 22.9 Å². The molecule has 9 heteroatoms. The second-order valence-corrected chi connectivity index (χ2v) is 8.44. The first-order valence-electron chi connectivity index (χ1n) is 9.05. The van der Waals surface area contributed by atoms with Crippen molar-refractivity contribution in [1.29, 1.82) is 0 Å². The summed E-state index contributed by atoms with van der Waals surface area (Å²) in [5.74, 6) is -0.106. The summed E-state index contributed by atoms with van der Waals surface area (Å²) in [5, 5.41) is 17.8. The number of hydrogen-bond acceptors (Lipinski definition) is 7. The molecule has 0 saturated heterocycles. The predicted octanol–water partition coefficient (Wildman–Crippen LogP) is 3.37. The Hall–Kier alpha value is -2.13. The minimum Gasteiger partial charge on any atom is -0.360 e. The second-order valence-electron chi connectivity index (χ2n) is 6.24. The summed E-state index contributed by atoms with van der Waals surface area (Å²) in [6.45, 7) is 2.77. The van der Waals surface area contributed by atoms with Crippen LogP contribution in [0.2, 0.25) is 0 Å². The maximum atomic E-state index is 12.6. The van der Waals surface area contributed by atoms with Crippen LogP contribution in [-0.4, -0.2) is 40.4 Å². The van der Waals surface area contributed by atoms with E-state index < -0.39 is 0 Å². The zero-order valence-electron chi connectivity index (χ0n) is 15.2. The minimum absolute atomic E-state index is 0.134. The Morgan fingerprint density at radius 3 is 2.78 bits per heavy atom. The van der Waals surface area contributed by atoms with Crippen molar-refractivity contribution in [3.05, 3.63) is 29.8 Å². The molecule has 0 radical (unpaired) electrons. The molecular formula is C18H23N5O2S2. The van der Waals surface area contributed by atoms with E-state index in [1.54, 1.807) is 18.2 Å². The number of carbonyl (C=O) groups excluding carboxylic acids is 2. The molecule has 3 rings (SSSR count). The van der Waals surface area contributed by atoms with Gasteiger partial charge >= 0.3 is 0 Å². The van der Waals surface area contributed by atoms with E-state index in [-0.39, 0.29) is 23.6 Å². The molecule has 7 nitrogen and oxygen atoms in total. The van der Waals surface area contributed by atoms with E-state index in [4.69, 9.17) is 0 Å². The van der Waals surface area contributed by atoms with Crippen molar-refractivity contribution >= 4 is 45.7 Å². The molecule has 27 heavy (non-hydrogen) atoms. The summed E-state index contributed by atoms with van der Waals surface area (Å²) in [5.41, 5.74) is 1.03. The number of rotatable bonds is 8. The van der Waals surface area contributed by atoms with Crippen molar-refractivity contribution in [3.63, 3.8) is 0 Å². The van der Waals surface area contributed by atoms with Crippen LogP contribution < -0.4 is 16.0 Å². The molecule has 1 fully saturated rings. The van der Waals surface area contributed by atoms with Crippen LogP contribution in [0.15, 0.2) is 28.6 Å². The van der Waals surface area contributed by atoms with E-state index in [0.29, 0.717) is 11.3 Å². The molecule has 1 aliphatic rings. The van der Waals surface area contributed by atoms with E-state index >= 15 is 0 Å². The third-order valence-electron chi connectivity index (χ3n) is 4.20. The molecule has 0 bridgehead atoms. The fourth-order valence-electron chi connectivity index (χ4n) is 2.93. The lowest BCUT2D eigenvalue weighted by Gasteiger charge is -2.14. The van der Waals surface area contributed by atoms with E-state index in [1.807, 2.05) is 13.0 Å². The highest BCUT2D eigenvalue weighted by Gasteiger charge is 2.20. The zero-order valence-corrected chi connectivity index (χ0v) is 16.8. The SMILES string of the molecule is CCNc1nnc(SCC(=O)Nc2ccccc2C(=O)NC2CCCC2)s1. The van der Waals surface area contributed by atoms with Gasteiger partial charge in [-0.1, -0.05) is 48.1 Å². The molecule has 0 spiro atoms. The number of aromatic nitrogens is 2. The van der Waals surface area contributed by atoms with Crippen molar-refractivity contribution in [1.82, 2.24) is 15.5 Å². The van der Waals surface area contributed by atoms with Gasteiger partial charge < -0.3 is 16.0 Å². The lowest BCUT2D eigenvalue weighted by Crippen LogP contribution is -2.33. The minimum atomic E-state index is -0.179. The predicted molar refractivity (Wildman–Crippen MR) is 110 cm³/mol. The summed E-state index contributed by atoms with van der Waals surface area (Å²) in [4.78, 5) is 24.9. The van der Waals surface area contributed by atoms with E-state index in [9.17, 15) is 9.59 Å². The van der Waals surface area contributed by atoms with Crippen LogP contribution in [-0.2, 0) is 4.79 Å². The van der Waals surface area contributed by atoms with Crippen molar-refractivity contribution < 1.29 is 9.59 Å². The topological polar surface area (TPSA) is 96.0 Å². The Bertz CT molecular complexity index is 790. The highest BCUT2D eigenvalue weighted by molar-refractivity contribution is 8.01. The summed E-state index contributed by atoms with van der Waals surface area (Å²) in [6, 6.07) is 7.33. The number of carbonyl (C=O) groups is 2. The molecule has 3 N–H and O–H groups in total. The van der Waals surface area contributed by atoms with Gasteiger partial charge in [0.05, 0.1) is 17.0 Å². The largest absolute Gasteiger partial charge is 0.360 e. The van der Waals surface area contributed by atoms with Crippen molar-refractivity contribution in [2.45, 2.75) is 43.0 Å². The first-order chi connectivity index (χ1) is 13.2. The van der Waals surface area contributed by atoms with Gasteiger partial charge in [0.25, 0.3) is 5.91 Å². The van der Waals surface area contributed by atoms with Gasteiger partial charge in [0, 0.05) is 12.6 Å². The standard InChI is InChI=1S/C18H23N5O2S2/c1-2-19-17-22-23-18(27-17)26-11-15(24)21-14-10-6-5-9-13(14)16(25)20-12-7-3-4-8-12/h5-6,9-10,12H,2-4,7-8,11H2,1H3,(H,19,22)(H,20,25)(H,21,24). The number of hydrogen-bond donors (Lipinski definition) is 3. The van der Waals surface area contributed by atoms with Crippen LogP contribution in [0.3, 0.4) is 0 Å². The van der Waals surface area contributed by atoms with Gasteiger partial charge in [-0.3, -0.25) is 9.59 Å². The fraction of sp³-hybridized carbons (Fsp3) is 0.444. The molecule has 2 aromatic rings. The zero-order chi connectivity index (χ0) is 19.1. The third kappa shape index (κ3) is 5.67. The molecule has 1 saturated carbocycles. The Morgan fingerprint density at radius 1 is 1.22 bits per heavy atom. The molecule has 1 aromatic carbocycles. The van der Waals surface area contributed by atoms with Crippen LogP contribution in [0.25, 0.3) is 0 Å². The number of thioether (sulfide) groups is 1. The van der Waals surface area contributed by atoms with Crippen LogP contribution in [0, 0.1) is 0 Å². The molecule has 1 aliphatic carbocycles. The number of amides is 2. The normalized spacial score (nSPS) is 14.1. The molecule has 1 aromatic heterocycles. The summed E-state index contributed by atoms with van der Waals surface area (Å²) in [7, 11) is 0. The van der Waals surface area contributed by atoms with Gasteiger partial charge in [-0.2, -0.15) is 0 Å². The number of para-hydroxylation sites is 1. The summed E-state index contributed by atoms with van der Waals surface area (Å²) in [6.07, 6.45) is 4.35. The highest BCUT2D eigenvalue weighted by Crippen LogP contribution is 2.26. The Kier molecular flexibility index (Phi) is 7.05. The lowest BCUT2D eigenvalue weighted by molar-refractivity contribution is -0.113. The van der Waals surface area contributed by atoms with E-state index in [0.717, 1.165) is 41.7 Å². The van der Waals surface area contributed by atoms with Gasteiger partial charge in [0.2, 0.25) is 11.0 Å². The van der Waals surface area contributed by atoms with Gasteiger partial charge in [0.15, 0.2) is 4.34 Å². The average Bonchev–Trinajstić information content (AvgIpc) is 3.33. The Morgan fingerprint density at radius 2 is 2.00 bits per heavy atom. The van der Waals surface area contributed by atoms with Gasteiger partial charge in [-0.05, 0) is 31.9 Å². The monoisotopic (exact) mass is 405 g/mol. The first kappa shape index (κ1) is 19.6. The van der Waals surface area contributed by atoms with Crippen LogP contribution in [0.4, 0.5) is 10.8 Å². The first-order valence-corrected chi connectivity index (χ1v) is 10.9. The van der Waals surface area contributed by atoms with Gasteiger partial charge in [-0.25, -0.2) is 0 Å². The van der Waals surface area contributed by atoms with Crippen molar-refractivity contribution in [2.24, 2.45) is 0 Å². The highest BCUT2D eigenvalue weighted by atomic mass is 32.2. The third-order valence-corrected chi connectivity index (χ3v) is 6.21. The number of nitrogens with zero attached hydrogens (tertiary/aromatic N) is 2. The number of anilines is 2.